The first-order valence-corrected chi connectivity index (χ1v) is 7.05. The molecule has 1 atom stereocenters. The first-order valence-electron chi connectivity index (χ1n) is 7.05. The van der Waals surface area contributed by atoms with Gasteiger partial charge < -0.3 is 20.1 Å². The van der Waals surface area contributed by atoms with E-state index in [1.165, 1.54) is 0 Å². The van der Waals surface area contributed by atoms with E-state index in [1.54, 1.807) is 25.4 Å². The molecule has 1 saturated heterocycles. The summed E-state index contributed by atoms with van der Waals surface area (Å²) in [6.45, 7) is 6.15. The van der Waals surface area contributed by atoms with E-state index in [0.29, 0.717) is 11.6 Å². The zero-order chi connectivity index (χ0) is 15.1. The number of methoxy groups -OCH3 is 1. The van der Waals surface area contributed by atoms with Crippen molar-refractivity contribution in [3.05, 3.63) is 18.3 Å². The second-order valence-corrected chi connectivity index (χ2v) is 5.00. The van der Waals surface area contributed by atoms with E-state index in [2.05, 4.69) is 20.5 Å². The predicted octanol–water partition coefficient (Wildman–Crippen LogP) is 0.932. The van der Waals surface area contributed by atoms with Crippen LogP contribution >= 0.6 is 0 Å². The van der Waals surface area contributed by atoms with Gasteiger partial charge in [0.05, 0.1) is 32.2 Å². The van der Waals surface area contributed by atoms with E-state index in [1.807, 2.05) is 6.92 Å². The number of morpholine rings is 1. The second-order valence-electron chi connectivity index (χ2n) is 5.00. The molecule has 7 nitrogen and oxygen atoms in total. The van der Waals surface area contributed by atoms with Gasteiger partial charge in [0, 0.05) is 31.7 Å². The molecule has 21 heavy (non-hydrogen) atoms. The Bertz CT molecular complexity index is 446. The minimum Gasteiger partial charge on any atom is -0.481 e. The fourth-order valence-corrected chi connectivity index (χ4v) is 2.18. The first-order chi connectivity index (χ1) is 10.2. The van der Waals surface area contributed by atoms with E-state index in [4.69, 9.17) is 9.47 Å². The van der Waals surface area contributed by atoms with E-state index in [0.717, 1.165) is 32.8 Å². The van der Waals surface area contributed by atoms with Gasteiger partial charge in [-0.3, -0.25) is 4.90 Å². The molecule has 2 heterocycles. The summed E-state index contributed by atoms with van der Waals surface area (Å²) in [5.41, 5.74) is 0.631. The number of pyridine rings is 1. The summed E-state index contributed by atoms with van der Waals surface area (Å²) in [5, 5.41) is 5.66. The Balaban J connectivity index is 1.74. The summed E-state index contributed by atoms with van der Waals surface area (Å²) < 4.78 is 10.3. The van der Waals surface area contributed by atoms with Crippen molar-refractivity contribution < 1.29 is 14.3 Å². The zero-order valence-corrected chi connectivity index (χ0v) is 12.5. The Kier molecular flexibility index (Phi) is 5.77. The Morgan fingerprint density at radius 3 is 2.86 bits per heavy atom. The van der Waals surface area contributed by atoms with Crippen LogP contribution in [0, 0.1) is 0 Å². The first kappa shape index (κ1) is 15.5. The van der Waals surface area contributed by atoms with Crippen LogP contribution in [0.1, 0.15) is 6.92 Å². The normalized spacial score (nSPS) is 17.0. The molecule has 0 spiro atoms. The van der Waals surface area contributed by atoms with Crippen molar-refractivity contribution in [2.75, 3.05) is 45.3 Å². The van der Waals surface area contributed by atoms with E-state index in [-0.39, 0.29) is 12.1 Å². The Labute approximate surface area is 124 Å². The highest BCUT2D eigenvalue weighted by Crippen LogP contribution is 2.10. The van der Waals surface area contributed by atoms with Gasteiger partial charge in [0.25, 0.3) is 0 Å². The van der Waals surface area contributed by atoms with Gasteiger partial charge >= 0.3 is 6.03 Å². The summed E-state index contributed by atoms with van der Waals surface area (Å²) in [4.78, 5) is 18.2. The number of hydrogen-bond donors (Lipinski definition) is 2. The van der Waals surface area contributed by atoms with Gasteiger partial charge in [-0.15, -0.1) is 0 Å². The molecular weight excluding hydrogens is 272 g/mol. The molecule has 116 valence electrons. The van der Waals surface area contributed by atoms with E-state index >= 15 is 0 Å². The van der Waals surface area contributed by atoms with Crippen LogP contribution in [0.3, 0.4) is 0 Å². The number of hydrogen-bond acceptors (Lipinski definition) is 5. The number of carbonyl (C=O) groups excluding carboxylic acids is 1. The number of nitrogens with zero attached hydrogens (tertiary/aromatic N) is 2. The lowest BCUT2D eigenvalue weighted by molar-refractivity contribution is 0.0350. The van der Waals surface area contributed by atoms with Gasteiger partial charge in [-0.25, -0.2) is 9.78 Å². The Morgan fingerprint density at radius 1 is 1.48 bits per heavy atom. The number of nitrogens with one attached hydrogen (secondary N) is 2. The molecule has 7 heteroatoms. The molecular formula is C14H22N4O3. The summed E-state index contributed by atoms with van der Waals surface area (Å²) >= 11 is 0. The minimum absolute atomic E-state index is 0.0642. The van der Waals surface area contributed by atoms with Crippen LogP contribution in [0.15, 0.2) is 18.3 Å². The molecule has 1 fully saturated rings. The number of rotatable bonds is 5. The standard InChI is InChI=1S/C14H22N4O3/c1-11(10-18-5-7-21-8-6-18)16-14(19)17-12-3-4-13(20-2)15-9-12/h3-4,9,11H,5-8,10H2,1-2H3,(H2,16,17,19)/t11-/m0/s1. The number of urea groups is 1. The Hall–Kier alpha value is -1.86. The molecule has 2 rings (SSSR count). The van der Waals surface area contributed by atoms with Crippen LogP contribution in [0.25, 0.3) is 0 Å². The van der Waals surface area contributed by atoms with Crippen molar-refractivity contribution in [3.8, 4) is 5.88 Å². The van der Waals surface area contributed by atoms with Crippen LogP contribution in [0.4, 0.5) is 10.5 Å². The van der Waals surface area contributed by atoms with Crippen LogP contribution in [0.2, 0.25) is 0 Å². The molecule has 1 aromatic rings. The molecule has 0 bridgehead atoms. The monoisotopic (exact) mass is 294 g/mol. The molecule has 1 aliphatic rings. The van der Waals surface area contributed by atoms with Gasteiger partial charge in [0.2, 0.25) is 5.88 Å². The number of carbonyl (C=O) groups is 1. The van der Waals surface area contributed by atoms with Crippen LogP contribution < -0.4 is 15.4 Å². The van der Waals surface area contributed by atoms with Crippen LogP contribution in [-0.2, 0) is 4.74 Å². The molecule has 0 aliphatic carbocycles. The van der Waals surface area contributed by atoms with Crippen molar-refractivity contribution in [3.63, 3.8) is 0 Å². The maximum Gasteiger partial charge on any atom is 0.319 e. The molecule has 2 N–H and O–H groups in total. The van der Waals surface area contributed by atoms with Gasteiger partial charge in [-0.2, -0.15) is 0 Å². The molecule has 0 unspecified atom stereocenters. The highest BCUT2D eigenvalue weighted by molar-refractivity contribution is 5.89. The number of aromatic nitrogens is 1. The maximum absolute atomic E-state index is 11.9. The molecule has 0 aromatic carbocycles. The lowest BCUT2D eigenvalue weighted by Crippen LogP contribution is -2.47. The third kappa shape index (κ3) is 5.20. The summed E-state index contributed by atoms with van der Waals surface area (Å²) in [7, 11) is 1.55. The lowest BCUT2D eigenvalue weighted by Gasteiger charge is -2.29. The fourth-order valence-electron chi connectivity index (χ4n) is 2.18. The second kappa shape index (κ2) is 7.80. The molecule has 0 saturated carbocycles. The zero-order valence-electron chi connectivity index (χ0n) is 12.5. The van der Waals surface area contributed by atoms with Crippen molar-refractivity contribution in [1.82, 2.24) is 15.2 Å². The van der Waals surface area contributed by atoms with Crippen molar-refractivity contribution >= 4 is 11.7 Å². The fraction of sp³-hybridized carbons (Fsp3) is 0.571. The molecule has 1 aliphatic heterocycles. The highest BCUT2D eigenvalue weighted by Gasteiger charge is 2.15. The van der Waals surface area contributed by atoms with E-state index < -0.39 is 0 Å². The topological polar surface area (TPSA) is 75.7 Å². The van der Waals surface area contributed by atoms with Gasteiger partial charge in [0.15, 0.2) is 0 Å². The number of anilines is 1. The summed E-state index contributed by atoms with van der Waals surface area (Å²) in [5.74, 6) is 0.515. The summed E-state index contributed by atoms with van der Waals surface area (Å²) in [6, 6.07) is 3.28. The molecule has 0 radical (unpaired) electrons. The predicted molar refractivity (Wildman–Crippen MR) is 79.7 cm³/mol. The van der Waals surface area contributed by atoms with Crippen molar-refractivity contribution in [1.29, 1.82) is 0 Å². The van der Waals surface area contributed by atoms with Gasteiger partial charge in [-0.1, -0.05) is 0 Å². The van der Waals surface area contributed by atoms with Gasteiger partial charge in [-0.05, 0) is 13.0 Å². The molecule has 2 amide bonds. The quantitative estimate of drug-likeness (QED) is 0.845. The van der Waals surface area contributed by atoms with E-state index in [9.17, 15) is 4.79 Å². The smallest absolute Gasteiger partial charge is 0.319 e. The lowest BCUT2D eigenvalue weighted by atomic mass is 10.3. The van der Waals surface area contributed by atoms with Crippen molar-refractivity contribution in [2.45, 2.75) is 13.0 Å². The molecule has 1 aromatic heterocycles. The SMILES string of the molecule is COc1ccc(NC(=O)N[C@@H](C)CN2CCOCC2)cn1. The number of ether oxygens (including phenoxy) is 2. The van der Waals surface area contributed by atoms with Gasteiger partial charge in [0.1, 0.15) is 0 Å². The summed E-state index contributed by atoms with van der Waals surface area (Å²) in [6.07, 6.45) is 1.56. The van der Waals surface area contributed by atoms with Crippen LogP contribution in [0.5, 0.6) is 5.88 Å². The Morgan fingerprint density at radius 2 is 2.24 bits per heavy atom. The average Bonchev–Trinajstić information content (AvgIpc) is 2.48. The third-order valence-corrected chi connectivity index (χ3v) is 3.22. The van der Waals surface area contributed by atoms with Crippen molar-refractivity contribution in [2.24, 2.45) is 0 Å². The third-order valence-electron chi connectivity index (χ3n) is 3.22. The highest BCUT2D eigenvalue weighted by atomic mass is 16.5. The number of amides is 2. The minimum atomic E-state index is -0.234. The maximum atomic E-state index is 11.9. The largest absolute Gasteiger partial charge is 0.481 e. The average molecular weight is 294 g/mol. The van der Waals surface area contributed by atoms with Crippen LogP contribution in [-0.4, -0.2) is 61.9 Å².